The Bertz CT molecular complexity index is 491. The third-order valence-corrected chi connectivity index (χ3v) is 4.96. The molecular formula is C13H22N4O2S. The van der Waals surface area contributed by atoms with E-state index >= 15 is 0 Å². The Balaban J connectivity index is 2.15. The molecular weight excluding hydrogens is 276 g/mol. The van der Waals surface area contributed by atoms with Crippen molar-refractivity contribution in [2.45, 2.75) is 26.4 Å². The van der Waals surface area contributed by atoms with Gasteiger partial charge in [-0.1, -0.05) is 18.3 Å². The van der Waals surface area contributed by atoms with E-state index in [1.54, 1.807) is 4.90 Å². The number of nitrogen functional groups attached to an aromatic ring is 1. The molecule has 0 aliphatic carbocycles. The number of nitrogens with zero attached hydrogens (tertiary/aromatic N) is 3. The second-order valence-corrected chi connectivity index (χ2v) is 6.29. The van der Waals surface area contributed by atoms with Crippen LogP contribution in [-0.4, -0.2) is 53.7 Å². The van der Waals surface area contributed by atoms with Gasteiger partial charge in [0.1, 0.15) is 10.7 Å². The maximum Gasteiger partial charge on any atom is 0.267 e. The molecule has 1 aliphatic heterocycles. The fraction of sp³-hybridized carbons (Fsp3) is 0.692. The molecule has 2 atom stereocenters. The fourth-order valence-electron chi connectivity index (χ4n) is 2.23. The maximum atomic E-state index is 12.5. The molecule has 0 radical (unpaired) electrons. The molecule has 1 amide bonds. The van der Waals surface area contributed by atoms with Crippen molar-refractivity contribution in [2.75, 3.05) is 37.3 Å². The number of aliphatic hydroxyl groups is 1. The van der Waals surface area contributed by atoms with Gasteiger partial charge in [0.05, 0.1) is 6.10 Å². The molecule has 20 heavy (non-hydrogen) atoms. The van der Waals surface area contributed by atoms with Gasteiger partial charge in [-0.15, -0.1) is 0 Å². The summed E-state index contributed by atoms with van der Waals surface area (Å²) >= 11 is 1.33. The fourth-order valence-corrected chi connectivity index (χ4v) is 3.21. The van der Waals surface area contributed by atoms with E-state index in [0.29, 0.717) is 30.2 Å². The van der Waals surface area contributed by atoms with Crippen LogP contribution in [0.15, 0.2) is 0 Å². The predicted octanol–water partition coefficient (Wildman–Crippen LogP) is 1.02. The molecule has 2 unspecified atom stereocenters. The van der Waals surface area contributed by atoms with E-state index in [9.17, 15) is 9.90 Å². The normalized spacial score (nSPS) is 22.9. The number of carbonyl (C=O) groups excluding carboxylic acids is 1. The molecule has 6 nitrogen and oxygen atoms in total. The number of hydrogen-bond donors (Lipinski definition) is 2. The summed E-state index contributed by atoms with van der Waals surface area (Å²) in [6.07, 6.45) is 0.299. The van der Waals surface area contributed by atoms with Crippen LogP contribution in [-0.2, 0) is 0 Å². The third-order valence-electron chi connectivity index (χ3n) is 3.78. The average Bonchev–Trinajstić information content (AvgIpc) is 2.82. The number of rotatable bonds is 3. The minimum absolute atomic E-state index is 0.0745. The van der Waals surface area contributed by atoms with E-state index in [-0.39, 0.29) is 17.9 Å². The van der Waals surface area contributed by atoms with Gasteiger partial charge in [-0.3, -0.25) is 4.79 Å². The van der Waals surface area contributed by atoms with Crippen molar-refractivity contribution >= 4 is 28.2 Å². The van der Waals surface area contributed by atoms with Crippen molar-refractivity contribution in [3.8, 4) is 0 Å². The number of aromatic nitrogens is 1. The number of amides is 1. The number of aliphatic hydroxyl groups excluding tert-OH is 1. The molecule has 1 saturated heterocycles. The summed E-state index contributed by atoms with van der Waals surface area (Å²) in [5.74, 6) is 0.322. The van der Waals surface area contributed by atoms with Crippen LogP contribution >= 0.6 is 11.3 Å². The summed E-state index contributed by atoms with van der Waals surface area (Å²) in [6.45, 7) is 5.92. The quantitative estimate of drug-likeness (QED) is 0.870. The maximum absolute atomic E-state index is 12.5. The summed E-state index contributed by atoms with van der Waals surface area (Å²) in [4.78, 5) is 21.0. The van der Waals surface area contributed by atoms with Crippen molar-refractivity contribution in [1.82, 2.24) is 9.88 Å². The molecule has 2 heterocycles. The molecule has 1 aromatic rings. The van der Waals surface area contributed by atoms with Gasteiger partial charge in [-0.25, -0.2) is 4.98 Å². The molecule has 0 aromatic carbocycles. The first-order valence-corrected chi connectivity index (χ1v) is 7.70. The van der Waals surface area contributed by atoms with Crippen LogP contribution in [0.3, 0.4) is 0 Å². The summed E-state index contributed by atoms with van der Waals surface area (Å²) in [5.41, 5.74) is 5.88. The van der Waals surface area contributed by atoms with Gasteiger partial charge in [0.15, 0.2) is 5.13 Å². The van der Waals surface area contributed by atoms with Gasteiger partial charge in [0, 0.05) is 26.7 Å². The summed E-state index contributed by atoms with van der Waals surface area (Å²) < 4.78 is 0. The largest absolute Gasteiger partial charge is 0.393 e. The minimum Gasteiger partial charge on any atom is -0.393 e. The van der Waals surface area contributed by atoms with E-state index in [1.807, 2.05) is 25.8 Å². The van der Waals surface area contributed by atoms with E-state index in [1.165, 1.54) is 11.3 Å². The highest BCUT2D eigenvalue weighted by Crippen LogP contribution is 2.29. The Labute approximate surface area is 123 Å². The first-order chi connectivity index (χ1) is 9.43. The lowest BCUT2D eigenvalue weighted by atomic mass is 9.97. The topological polar surface area (TPSA) is 82.7 Å². The highest BCUT2D eigenvalue weighted by molar-refractivity contribution is 7.18. The number of hydrogen-bond acceptors (Lipinski definition) is 6. The Hall–Kier alpha value is -1.34. The van der Waals surface area contributed by atoms with Crippen LogP contribution in [0.5, 0.6) is 0 Å². The van der Waals surface area contributed by atoms with E-state index in [2.05, 4.69) is 4.98 Å². The molecule has 0 spiro atoms. The lowest BCUT2D eigenvalue weighted by Gasteiger charge is -2.34. The molecule has 0 saturated carbocycles. The summed E-state index contributed by atoms with van der Waals surface area (Å²) in [5, 5.41) is 10.5. The van der Waals surface area contributed by atoms with Crippen molar-refractivity contribution in [3.05, 3.63) is 4.88 Å². The lowest BCUT2D eigenvalue weighted by Crippen LogP contribution is -2.44. The molecule has 0 bridgehead atoms. The van der Waals surface area contributed by atoms with E-state index < -0.39 is 0 Å². The van der Waals surface area contributed by atoms with Crippen molar-refractivity contribution in [3.63, 3.8) is 0 Å². The van der Waals surface area contributed by atoms with Crippen molar-refractivity contribution in [1.29, 1.82) is 0 Å². The highest BCUT2D eigenvalue weighted by Gasteiger charge is 2.30. The summed E-state index contributed by atoms with van der Waals surface area (Å²) in [6, 6.07) is 0. The van der Waals surface area contributed by atoms with E-state index in [0.717, 1.165) is 11.7 Å². The second kappa shape index (κ2) is 5.97. The highest BCUT2D eigenvalue weighted by atomic mass is 32.1. The minimum atomic E-state index is -0.320. The number of piperidine rings is 1. The number of nitrogens with two attached hydrogens (primary N) is 1. The van der Waals surface area contributed by atoms with Crippen LogP contribution in [0.2, 0.25) is 0 Å². The zero-order chi connectivity index (χ0) is 14.9. The standard InChI is InChI=1S/C13H22N4O2S/c1-4-16(3)13-15-11(14)10(20-13)12(19)17-6-5-9(18)8(2)7-17/h8-9,18H,4-7,14H2,1-3H3. The number of thiazole rings is 1. The molecule has 1 aliphatic rings. The number of likely N-dealkylation sites (tertiary alicyclic amines) is 1. The van der Waals surface area contributed by atoms with Crippen LogP contribution in [0, 0.1) is 5.92 Å². The lowest BCUT2D eigenvalue weighted by molar-refractivity contribution is 0.0301. The third kappa shape index (κ3) is 2.88. The molecule has 1 fully saturated rings. The molecule has 3 N–H and O–H groups in total. The van der Waals surface area contributed by atoms with Crippen LogP contribution in [0.4, 0.5) is 10.9 Å². The number of anilines is 2. The smallest absolute Gasteiger partial charge is 0.267 e. The van der Waals surface area contributed by atoms with Gasteiger partial charge < -0.3 is 20.6 Å². The Kier molecular flexibility index (Phi) is 4.49. The number of carbonyl (C=O) groups is 1. The Morgan fingerprint density at radius 2 is 2.35 bits per heavy atom. The predicted molar refractivity (Wildman–Crippen MR) is 81.2 cm³/mol. The average molecular weight is 298 g/mol. The molecule has 7 heteroatoms. The first kappa shape index (κ1) is 15.1. The monoisotopic (exact) mass is 298 g/mol. The van der Waals surface area contributed by atoms with Crippen molar-refractivity contribution in [2.24, 2.45) is 5.92 Å². The molecule has 2 rings (SSSR count). The van der Waals surface area contributed by atoms with E-state index in [4.69, 9.17) is 5.73 Å². The summed E-state index contributed by atoms with van der Waals surface area (Å²) in [7, 11) is 1.92. The second-order valence-electron chi connectivity index (χ2n) is 5.31. The Morgan fingerprint density at radius 1 is 1.65 bits per heavy atom. The van der Waals surface area contributed by atoms with Crippen LogP contribution < -0.4 is 10.6 Å². The van der Waals surface area contributed by atoms with Crippen LogP contribution in [0.1, 0.15) is 29.9 Å². The zero-order valence-corrected chi connectivity index (χ0v) is 13.0. The SMILES string of the molecule is CCN(C)c1nc(N)c(C(=O)N2CCC(O)C(C)C2)s1. The molecule has 112 valence electrons. The Morgan fingerprint density at radius 3 is 2.95 bits per heavy atom. The van der Waals surface area contributed by atoms with Gasteiger partial charge in [0.2, 0.25) is 0 Å². The first-order valence-electron chi connectivity index (χ1n) is 6.88. The molecule has 1 aromatic heterocycles. The van der Waals surface area contributed by atoms with Gasteiger partial charge in [0.25, 0.3) is 5.91 Å². The van der Waals surface area contributed by atoms with Crippen molar-refractivity contribution < 1.29 is 9.90 Å². The zero-order valence-electron chi connectivity index (χ0n) is 12.2. The van der Waals surface area contributed by atoms with Gasteiger partial charge in [-0.2, -0.15) is 0 Å². The van der Waals surface area contributed by atoms with Gasteiger partial charge >= 0.3 is 0 Å². The van der Waals surface area contributed by atoms with Gasteiger partial charge in [-0.05, 0) is 19.3 Å². The van der Waals surface area contributed by atoms with Crippen LogP contribution in [0.25, 0.3) is 0 Å².